The van der Waals surface area contributed by atoms with E-state index in [0.29, 0.717) is 6.04 Å². The van der Waals surface area contributed by atoms with Crippen LogP contribution in [0.4, 0.5) is 0 Å². The molecule has 19 heavy (non-hydrogen) atoms. The van der Waals surface area contributed by atoms with Crippen molar-refractivity contribution in [2.24, 2.45) is 0 Å². The number of carboxylic acids is 1. The Balaban J connectivity index is 2.04. The summed E-state index contributed by atoms with van der Waals surface area (Å²) in [7, 11) is 1.84. The molecule has 1 amide bonds. The molecular formula is C14H24N2O3. The molecule has 1 N–H and O–H groups in total. The number of hydrogen-bond acceptors (Lipinski definition) is 3. The molecule has 2 aliphatic rings. The second-order valence-electron chi connectivity index (χ2n) is 5.77. The summed E-state index contributed by atoms with van der Waals surface area (Å²) >= 11 is 0. The van der Waals surface area contributed by atoms with Crippen LogP contribution in [0.3, 0.4) is 0 Å². The predicted octanol–water partition coefficient (Wildman–Crippen LogP) is 1.33. The van der Waals surface area contributed by atoms with Gasteiger partial charge in [-0.15, -0.1) is 0 Å². The van der Waals surface area contributed by atoms with Crippen molar-refractivity contribution in [3.05, 3.63) is 0 Å². The third kappa shape index (κ3) is 3.47. The van der Waals surface area contributed by atoms with Crippen molar-refractivity contribution >= 4 is 11.9 Å². The van der Waals surface area contributed by atoms with Crippen molar-refractivity contribution in [1.82, 2.24) is 9.80 Å². The summed E-state index contributed by atoms with van der Waals surface area (Å²) in [4.78, 5) is 27.2. The number of carbonyl (C=O) groups excluding carboxylic acids is 1. The zero-order valence-electron chi connectivity index (χ0n) is 11.7. The molecule has 5 heteroatoms. The maximum atomic E-state index is 12.5. The number of carboxylic acid groups (broad SMARTS) is 1. The van der Waals surface area contributed by atoms with Gasteiger partial charge < -0.3 is 10.0 Å². The zero-order chi connectivity index (χ0) is 13.8. The minimum atomic E-state index is -0.895. The lowest BCUT2D eigenvalue weighted by Crippen LogP contribution is -2.58. The summed E-state index contributed by atoms with van der Waals surface area (Å²) in [5.41, 5.74) is 0. The average Bonchev–Trinajstić information content (AvgIpc) is 2.63. The molecule has 0 bridgehead atoms. The molecule has 1 saturated carbocycles. The maximum absolute atomic E-state index is 12.5. The minimum absolute atomic E-state index is 0.0167. The molecule has 1 aliphatic heterocycles. The van der Waals surface area contributed by atoms with E-state index < -0.39 is 12.0 Å². The standard InChI is InChI=1S/C14H24N2O3/c1-15-8-9-16(11-6-4-2-3-5-7-11)14(19)12(15)10-13(17)18/h11-12H,2-10H2,1H3,(H,17,18). The average molecular weight is 268 g/mol. The summed E-state index contributed by atoms with van der Waals surface area (Å²) in [6.45, 7) is 1.52. The van der Waals surface area contributed by atoms with Gasteiger partial charge in [0.2, 0.25) is 5.91 Å². The van der Waals surface area contributed by atoms with E-state index in [2.05, 4.69) is 0 Å². The van der Waals surface area contributed by atoms with E-state index in [4.69, 9.17) is 5.11 Å². The van der Waals surface area contributed by atoms with Crippen LogP contribution in [0.2, 0.25) is 0 Å². The van der Waals surface area contributed by atoms with Crippen LogP contribution >= 0.6 is 0 Å². The van der Waals surface area contributed by atoms with Crippen LogP contribution in [0.15, 0.2) is 0 Å². The van der Waals surface area contributed by atoms with Gasteiger partial charge in [0, 0.05) is 19.1 Å². The van der Waals surface area contributed by atoms with Gasteiger partial charge in [0.25, 0.3) is 0 Å². The third-order valence-electron chi connectivity index (χ3n) is 4.43. The van der Waals surface area contributed by atoms with E-state index in [1.165, 1.54) is 25.7 Å². The SMILES string of the molecule is CN1CCN(C2CCCCCC2)C(=O)C1CC(=O)O. The van der Waals surface area contributed by atoms with Crippen LogP contribution in [-0.4, -0.2) is 59.0 Å². The highest BCUT2D eigenvalue weighted by atomic mass is 16.4. The van der Waals surface area contributed by atoms with Crippen LogP contribution in [-0.2, 0) is 9.59 Å². The molecule has 0 aromatic rings. The number of nitrogens with zero attached hydrogens (tertiary/aromatic N) is 2. The summed E-state index contributed by atoms with van der Waals surface area (Å²) in [5, 5.41) is 8.95. The maximum Gasteiger partial charge on any atom is 0.305 e. The summed E-state index contributed by atoms with van der Waals surface area (Å²) in [6, 6.07) is -0.144. The molecule has 1 heterocycles. The van der Waals surface area contributed by atoms with Gasteiger partial charge in [0.15, 0.2) is 0 Å². The van der Waals surface area contributed by atoms with E-state index >= 15 is 0 Å². The number of carbonyl (C=O) groups is 2. The number of piperazine rings is 1. The monoisotopic (exact) mass is 268 g/mol. The Morgan fingerprint density at radius 1 is 1.21 bits per heavy atom. The van der Waals surface area contributed by atoms with Gasteiger partial charge in [0.1, 0.15) is 0 Å². The molecule has 5 nitrogen and oxygen atoms in total. The Labute approximate surface area is 114 Å². The van der Waals surface area contributed by atoms with Crippen LogP contribution in [0.5, 0.6) is 0 Å². The van der Waals surface area contributed by atoms with Crippen LogP contribution in [0.25, 0.3) is 0 Å². The normalized spacial score (nSPS) is 27.3. The second-order valence-corrected chi connectivity index (χ2v) is 5.77. The van der Waals surface area contributed by atoms with Crippen LogP contribution < -0.4 is 0 Å². The first kappa shape index (κ1) is 14.3. The molecule has 2 fully saturated rings. The highest BCUT2D eigenvalue weighted by Gasteiger charge is 2.37. The fourth-order valence-electron chi connectivity index (χ4n) is 3.25. The number of hydrogen-bond donors (Lipinski definition) is 1. The zero-order valence-corrected chi connectivity index (χ0v) is 11.7. The first-order chi connectivity index (χ1) is 9.09. The molecule has 0 aromatic heterocycles. The topological polar surface area (TPSA) is 60.9 Å². The van der Waals surface area contributed by atoms with E-state index in [1.54, 1.807) is 0 Å². The quantitative estimate of drug-likeness (QED) is 0.784. The Morgan fingerprint density at radius 3 is 2.42 bits per heavy atom. The van der Waals surface area contributed by atoms with Gasteiger partial charge in [-0.2, -0.15) is 0 Å². The van der Waals surface area contributed by atoms with Gasteiger partial charge >= 0.3 is 5.97 Å². The first-order valence-corrected chi connectivity index (χ1v) is 7.32. The fourth-order valence-corrected chi connectivity index (χ4v) is 3.25. The van der Waals surface area contributed by atoms with Crippen LogP contribution in [0.1, 0.15) is 44.9 Å². The number of amides is 1. The molecular weight excluding hydrogens is 244 g/mol. The Morgan fingerprint density at radius 2 is 1.84 bits per heavy atom. The largest absolute Gasteiger partial charge is 0.481 e. The van der Waals surface area contributed by atoms with Crippen LogP contribution in [0, 0.1) is 0 Å². The Bertz CT molecular complexity index is 338. The van der Waals surface area contributed by atoms with E-state index in [-0.39, 0.29) is 12.3 Å². The fraction of sp³-hybridized carbons (Fsp3) is 0.857. The molecule has 1 aliphatic carbocycles. The van der Waals surface area contributed by atoms with Gasteiger partial charge in [0.05, 0.1) is 12.5 Å². The Hall–Kier alpha value is -1.10. The van der Waals surface area contributed by atoms with Gasteiger partial charge in [-0.25, -0.2) is 0 Å². The molecule has 0 aromatic carbocycles. The number of likely N-dealkylation sites (N-methyl/N-ethyl adjacent to an activating group) is 1. The molecule has 1 saturated heterocycles. The van der Waals surface area contributed by atoms with E-state index in [9.17, 15) is 9.59 Å². The van der Waals surface area contributed by atoms with Crippen molar-refractivity contribution in [2.75, 3.05) is 20.1 Å². The predicted molar refractivity (Wildman–Crippen MR) is 71.9 cm³/mol. The highest BCUT2D eigenvalue weighted by molar-refractivity contribution is 5.87. The van der Waals surface area contributed by atoms with E-state index in [0.717, 1.165) is 25.9 Å². The first-order valence-electron chi connectivity index (χ1n) is 7.32. The molecule has 0 radical (unpaired) electrons. The highest BCUT2D eigenvalue weighted by Crippen LogP contribution is 2.25. The van der Waals surface area contributed by atoms with E-state index in [1.807, 2.05) is 16.8 Å². The lowest BCUT2D eigenvalue weighted by molar-refractivity contribution is -0.150. The molecule has 1 atom stereocenters. The number of rotatable bonds is 3. The van der Waals surface area contributed by atoms with Gasteiger partial charge in [-0.1, -0.05) is 25.7 Å². The van der Waals surface area contributed by atoms with Crippen molar-refractivity contribution < 1.29 is 14.7 Å². The summed E-state index contributed by atoms with van der Waals surface area (Å²) in [6.07, 6.45) is 6.97. The van der Waals surface area contributed by atoms with Crippen molar-refractivity contribution in [3.63, 3.8) is 0 Å². The summed E-state index contributed by atoms with van der Waals surface area (Å²) in [5.74, 6) is -0.879. The smallest absolute Gasteiger partial charge is 0.305 e. The molecule has 108 valence electrons. The molecule has 2 rings (SSSR count). The minimum Gasteiger partial charge on any atom is -0.481 e. The van der Waals surface area contributed by atoms with Gasteiger partial charge in [-0.05, 0) is 19.9 Å². The molecule has 0 spiro atoms. The van der Waals surface area contributed by atoms with Crippen molar-refractivity contribution in [2.45, 2.75) is 57.0 Å². The van der Waals surface area contributed by atoms with Crippen molar-refractivity contribution in [3.8, 4) is 0 Å². The molecule has 1 unspecified atom stereocenters. The van der Waals surface area contributed by atoms with Crippen molar-refractivity contribution in [1.29, 1.82) is 0 Å². The Kier molecular flexibility index (Phi) is 4.80. The third-order valence-corrected chi connectivity index (χ3v) is 4.43. The summed E-state index contributed by atoms with van der Waals surface area (Å²) < 4.78 is 0. The van der Waals surface area contributed by atoms with Gasteiger partial charge in [-0.3, -0.25) is 14.5 Å². The number of aliphatic carboxylic acids is 1. The lowest BCUT2D eigenvalue weighted by Gasteiger charge is -2.42. The lowest BCUT2D eigenvalue weighted by atomic mass is 10.0. The second kappa shape index (κ2) is 6.37.